The summed E-state index contributed by atoms with van der Waals surface area (Å²) < 4.78 is 0. The Morgan fingerprint density at radius 2 is 1.83 bits per heavy atom. The lowest BCUT2D eigenvalue weighted by Crippen LogP contribution is -2.39. The molecule has 2 aromatic heterocycles. The average Bonchev–Trinajstić information content (AvgIpc) is 3.24. The first-order valence-corrected chi connectivity index (χ1v) is 11.1. The normalized spacial score (nSPS) is 17.3. The first-order valence-electron chi connectivity index (χ1n) is 11.1. The summed E-state index contributed by atoms with van der Waals surface area (Å²) in [6.45, 7) is 5.39. The lowest BCUT2D eigenvalue weighted by Gasteiger charge is -2.32. The SMILES string of the molecule is CNc1nc(NC2CCN(Cc3ccccc3)CC2)nc2nc3c(c(C)c12)CCC3. The van der Waals surface area contributed by atoms with Crippen LogP contribution in [0.4, 0.5) is 11.8 Å². The van der Waals surface area contributed by atoms with Gasteiger partial charge in [0.05, 0.1) is 5.39 Å². The number of pyridine rings is 1. The molecule has 0 radical (unpaired) electrons. The lowest BCUT2D eigenvalue weighted by atomic mass is 10.0. The molecule has 0 atom stereocenters. The van der Waals surface area contributed by atoms with Gasteiger partial charge in [0.25, 0.3) is 0 Å². The van der Waals surface area contributed by atoms with Gasteiger partial charge in [0, 0.05) is 38.4 Å². The minimum atomic E-state index is 0.398. The van der Waals surface area contributed by atoms with E-state index < -0.39 is 0 Å². The number of rotatable bonds is 5. The van der Waals surface area contributed by atoms with E-state index >= 15 is 0 Å². The van der Waals surface area contributed by atoms with E-state index in [-0.39, 0.29) is 0 Å². The zero-order valence-electron chi connectivity index (χ0n) is 17.9. The van der Waals surface area contributed by atoms with Crippen molar-refractivity contribution in [1.82, 2.24) is 19.9 Å². The molecule has 30 heavy (non-hydrogen) atoms. The highest BCUT2D eigenvalue weighted by Gasteiger charge is 2.23. The summed E-state index contributed by atoms with van der Waals surface area (Å²) in [5.41, 5.74) is 6.11. The van der Waals surface area contributed by atoms with Crippen LogP contribution < -0.4 is 10.6 Å². The molecular weight excluding hydrogens is 372 g/mol. The van der Waals surface area contributed by atoms with Crippen molar-refractivity contribution in [3.8, 4) is 0 Å². The number of fused-ring (bicyclic) bond motifs is 2. The second kappa shape index (κ2) is 8.19. The van der Waals surface area contributed by atoms with Crippen molar-refractivity contribution in [1.29, 1.82) is 0 Å². The molecule has 2 N–H and O–H groups in total. The highest BCUT2D eigenvalue weighted by Crippen LogP contribution is 2.32. The molecule has 0 saturated carbocycles. The van der Waals surface area contributed by atoms with E-state index in [2.05, 4.69) is 52.8 Å². The van der Waals surface area contributed by atoms with Crippen LogP contribution in [0.3, 0.4) is 0 Å². The molecular formula is C24H30N6. The Hall–Kier alpha value is -2.73. The smallest absolute Gasteiger partial charge is 0.226 e. The highest BCUT2D eigenvalue weighted by molar-refractivity contribution is 5.91. The van der Waals surface area contributed by atoms with E-state index in [1.165, 1.54) is 28.8 Å². The number of nitrogens with one attached hydrogen (secondary N) is 2. The lowest BCUT2D eigenvalue weighted by molar-refractivity contribution is 0.211. The quantitative estimate of drug-likeness (QED) is 0.674. The number of likely N-dealkylation sites (tertiary alicyclic amines) is 1. The molecule has 1 saturated heterocycles. The molecule has 0 unspecified atom stereocenters. The molecule has 1 aromatic carbocycles. The molecule has 3 aromatic rings. The van der Waals surface area contributed by atoms with Gasteiger partial charge in [-0.15, -0.1) is 0 Å². The number of nitrogens with zero attached hydrogens (tertiary/aromatic N) is 4. The van der Waals surface area contributed by atoms with Crippen LogP contribution in [0.15, 0.2) is 30.3 Å². The van der Waals surface area contributed by atoms with Crippen molar-refractivity contribution in [2.45, 2.75) is 51.6 Å². The molecule has 5 rings (SSSR count). The van der Waals surface area contributed by atoms with Gasteiger partial charge in [-0.1, -0.05) is 30.3 Å². The van der Waals surface area contributed by atoms with Gasteiger partial charge in [-0.3, -0.25) is 4.90 Å². The van der Waals surface area contributed by atoms with Crippen molar-refractivity contribution >= 4 is 22.8 Å². The molecule has 6 nitrogen and oxygen atoms in total. The van der Waals surface area contributed by atoms with E-state index in [1.54, 1.807) is 0 Å². The average molecular weight is 403 g/mol. The number of benzene rings is 1. The summed E-state index contributed by atoms with van der Waals surface area (Å²) in [7, 11) is 1.93. The minimum Gasteiger partial charge on any atom is -0.372 e. The van der Waals surface area contributed by atoms with Crippen LogP contribution >= 0.6 is 0 Å². The Labute approximate surface area is 178 Å². The fourth-order valence-electron chi connectivity index (χ4n) is 4.91. The maximum absolute atomic E-state index is 4.90. The van der Waals surface area contributed by atoms with Crippen LogP contribution in [0.25, 0.3) is 11.0 Å². The van der Waals surface area contributed by atoms with E-state index in [4.69, 9.17) is 15.0 Å². The van der Waals surface area contributed by atoms with E-state index in [0.29, 0.717) is 12.0 Å². The van der Waals surface area contributed by atoms with Crippen LogP contribution in [0.5, 0.6) is 0 Å². The Morgan fingerprint density at radius 3 is 2.60 bits per heavy atom. The zero-order chi connectivity index (χ0) is 20.5. The van der Waals surface area contributed by atoms with Gasteiger partial charge in [-0.05, 0) is 55.7 Å². The predicted molar refractivity (Wildman–Crippen MR) is 122 cm³/mol. The molecule has 1 fully saturated rings. The van der Waals surface area contributed by atoms with E-state index in [0.717, 1.165) is 62.2 Å². The second-order valence-electron chi connectivity index (χ2n) is 8.54. The predicted octanol–water partition coefficient (Wildman–Crippen LogP) is 3.94. The molecule has 1 aliphatic heterocycles. The van der Waals surface area contributed by atoms with Crippen LogP contribution in [-0.2, 0) is 19.4 Å². The topological polar surface area (TPSA) is 66.0 Å². The number of aryl methyl sites for hydroxylation is 2. The third-order valence-corrected chi connectivity index (χ3v) is 6.55. The third-order valence-electron chi connectivity index (χ3n) is 6.55. The second-order valence-corrected chi connectivity index (χ2v) is 8.54. The summed E-state index contributed by atoms with van der Waals surface area (Å²) >= 11 is 0. The molecule has 0 amide bonds. The maximum atomic E-state index is 4.90. The summed E-state index contributed by atoms with van der Waals surface area (Å²) in [5.74, 6) is 1.57. The first kappa shape index (κ1) is 19.2. The molecule has 2 aliphatic rings. The van der Waals surface area contributed by atoms with Crippen molar-refractivity contribution < 1.29 is 0 Å². The van der Waals surface area contributed by atoms with Crippen molar-refractivity contribution in [3.63, 3.8) is 0 Å². The van der Waals surface area contributed by atoms with Gasteiger partial charge in [0.15, 0.2) is 5.65 Å². The Kier molecular flexibility index (Phi) is 5.25. The monoisotopic (exact) mass is 402 g/mol. The number of anilines is 2. The molecule has 0 spiro atoms. The van der Waals surface area contributed by atoms with Gasteiger partial charge < -0.3 is 10.6 Å². The number of piperidine rings is 1. The van der Waals surface area contributed by atoms with E-state index in [1.807, 2.05) is 7.05 Å². The van der Waals surface area contributed by atoms with Gasteiger partial charge in [0.1, 0.15) is 5.82 Å². The molecule has 3 heterocycles. The van der Waals surface area contributed by atoms with Gasteiger partial charge in [0.2, 0.25) is 5.95 Å². The summed E-state index contributed by atoms with van der Waals surface area (Å²) in [6, 6.07) is 11.1. The number of aromatic nitrogens is 3. The summed E-state index contributed by atoms with van der Waals surface area (Å²) in [6.07, 6.45) is 5.57. The van der Waals surface area contributed by atoms with Gasteiger partial charge >= 0.3 is 0 Å². The fourth-order valence-corrected chi connectivity index (χ4v) is 4.91. The fraction of sp³-hybridized carbons (Fsp3) is 0.458. The third kappa shape index (κ3) is 3.72. The van der Waals surface area contributed by atoms with Gasteiger partial charge in [-0.2, -0.15) is 9.97 Å². The zero-order valence-corrected chi connectivity index (χ0v) is 17.9. The van der Waals surface area contributed by atoms with Gasteiger partial charge in [-0.25, -0.2) is 4.98 Å². The van der Waals surface area contributed by atoms with E-state index in [9.17, 15) is 0 Å². The summed E-state index contributed by atoms with van der Waals surface area (Å²) in [4.78, 5) is 17.0. The molecule has 0 bridgehead atoms. The molecule has 156 valence electrons. The van der Waals surface area contributed by atoms with Crippen molar-refractivity contribution in [2.24, 2.45) is 0 Å². The first-order chi connectivity index (χ1) is 14.7. The Bertz CT molecular complexity index is 1040. The number of hydrogen-bond donors (Lipinski definition) is 2. The van der Waals surface area contributed by atoms with Crippen LogP contribution in [0.2, 0.25) is 0 Å². The minimum absolute atomic E-state index is 0.398. The standard InChI is InChI=1S/C24H30N6/c1-16-19-9-6-10-20(19)27-23-21(16)22(25-2)28-24(29-23)26-18-11-13-30(14-12-18)15-17-7-4-3-5-8-17/h3-5,7-8,18H,6,9-15H2,1-2H3,(H2,25,26,27,28,29). The van der Waals surface area contributed by atoms with Crippen molar-refractivity contribution in [3.05, 3.63) is 52.7 Å². The van der Waals surface area contributed by atoms with Crippen molar-refractivity contribution in [2.75, 3.05) is 30.8 Å². The number of hydrogen-bond acceptors (Lipinski definition) is 6. The van der Waals surface area contributed by atoms with Crippen LogP contribution in [-0.4, -0.2) is 46.0 Å². The highest BCUT2D eigenvalue weighted by atomic mass is 15.2. The molecule has 1 aliphatic carbocycles. The summed E-state index contributed by atoms with van der Waals surface area (Å²) in [5, 5.41) is 7.94. The van der Waals surface area contributed by atoms with Crippen LogP contribution in [0, 0.1) is 6.92 Å². The Morgan fingerprint density at radius 1 is 1.03 bits per heavy atom. The maximum Gasteiger partial charge on any atom is 0.226 e. The Balaban J connectivity index is 1.31. The largest absolute Gasteiger partial charge is 0.372 e. The molecule has 6 heteroatoms. The van der Waals surface area contributed by atoms with Crippen LogP contribution in [0.1, 0.15) is 41.6 Å².